The Bertz CT molecular complexity index is 1280. The van der Waals surface area contributed by atoms with Gasteiger partial charge in [-0.1, -0.05) is 42.7 Å². The fourth-order valence-electron chi connectivity index (χ4n) is 3.87. The van der Waals surface area contributed by atoms with E-state index < -0.39 is 0 Å². The zero-order valence-corrected chi connectivity index (χ0v) is 19.3. The molecule has 6 heteroatoms. The van der Waals surface area contributed by atoms with Crippen LogP contribution in [0.4, 0.5) is 5.69 Å². The molecule has 0 aliphatic carbocycles. The SMILES string of the molecule is C=CCOC(=O)c1ccc(N2CCN(C(=O)c3ccccc3C#Cc3cccc(O)c3)CC2)cc1. The molecule has 0 aromatic heterocycles. The number of esters is 1. The van der Waals surface area contributed by atoms with Gasteiger partial charge in [0, 0.05) is 43.0 Å². The number of aromatic hydroxyl groups is 1. The van der Waals surface area contributed by atoms with E-state index in [4.69, 9.17) is 4.74 Å². The fraction of sp³-hybridized carbons (Fsp3) is 0.172. The zero-order valence-electron chi connectivity index (χ0n) is 19.3. The molecule has 1 heterocycles. The average Bonchev–Trinajstić information content (AvgIpc) is 2.90. The number of carbonyl (C=O) groups excluding carboxylic acids is 2. The summed E-state index contributed by atoms with van der Waals surface area (Å²) in [5.41, 5.74) is 3.39. The van der Waals surface area contributed by atoms with Gasteiger partial charge in [0.1, 0.15) is 12.4 Å². The van der Waals surface area contributed by atoms with Crippen molar-refractivity contribution in [3.63, 3.8) is 0 Å². The molecule has 4 rings (SSSR count). The molecule has 6 nitrogen and oxygen atoms in total. The Balaban J connectivity index is 1.40. The van der Waals surface area contributed by atoms with Gasteiger partial charge < -0.3 is 19.6 Å². The molecule has 0 atom stereocenters. The van der Waals surface area contributed by atoms with E-state index in [9.17, 15) is 14.7 Å². The minimum atomic E-state index is -0.377. The van der Waals surface area contributed by atoms with Crippen molar-refractivity contribution in [2.24, 2.45) is 0 Å². The second-order valence-corrected chi connectivity index (χ2v) is 8.06. The van der Waals surface area contributed by atoms with Crippen molar-refractivity contribution in [3.8, 4) is 17.6 Å². The first-order valence-electron chi connectivity index (χ1n) is 11.4. The van der Waals surface area contributed by atoms with Crippen molar-refractivity contribution in [1.82, 2.24) is 4.90 Å². The van der Waals surface area contributed by atoms with Gasteiger partial charge in [0.2, 0.25) is 0 Å². The topological polar surface area (TPSA) is 70.1 Å². The number of nitrogens with zero attached hydrogens (tertiary/aromatic N) is 2. The highest BCUT2D eigenvalue weighted by atomic mass is 16.5. The summed E-state index contributed by atoms with van der Waals surface area (Å²) in [6, 6.07) is 21.4. The minimum Gasteiger partial charge on any atom is -0.508 e. The first kappa shape index (κ1) is 23.7. The minimum absolute atomic E-state index is 0.0502. The molecule has 0 saturated carbocycles. The van der Waals surface area contributed by atoms with Crippen LogP contribution >= 0.6 is 0 Å². The molecule has 1 aliphatic heterocycles. The maximum Gasteiger partial charge on any atom is 0.338 e. The van der Waals surface area contributed by atoms with Crippen LogP contribution in [0.1, 0.15) is 31.8 Å². The van der Waals surface area contributed by atoms with Crippen LogP contribution in [0.5, 0.6) is 5.75 Å². The first-order valence-corrected chi connectivity index (χ1v) is 11.4. The molecule has 0 radical (unpaired) electrons. The van der Waals surface area contributed by atoms with Crippen LogP contribution in [0.25, 0.3) is 0 Å². The monoisotopic (exact) mass is 466 g/mol. The molecule has 1 N–H and O–H groups in total. The summed E-state index contributed by atoms with van der Waals surface area (Å²) in [4.78, 5) is 29.3. The first-order chi connectivity index (χ1) is 17.0. The molecule has 1 saturated heterocycles. The number of phenolic OH excluding ortho intramolecular Hbond substituents is 1. The molecular formula is C29H26N2O4. The maximum atomic E-state index is 13.3. The van der Waals surface area contributed by atoms with E-state index in [1.807, 2.05) is 41.3 Å². The summed E-state index contributed by atoms with van der Waals surface area (Å²) in [5, 5.41) is 9.64. The standard InChI is InChI=1S/C29H26N2O4/c1-2-20-35-29(34)24-12-14-25(15-13-24)30-16-18-31(19-17-30)28(33)27-9-4-3-7-23(27)11-10-22-6-5-8-26(32)21-22/h2-9,12-15,21,32H,1,16-20H2. The molecule has 0 bridgehead atoms. The number of piperazine rings is 1. The van der Waals surface area contributed by atoms with E-state index in [2.05, 4.69) is 23.3 Å². The number of ether oxygens (including phenoxy) is 1. The van der Waals surface area contributed by atoms with Crippen LogP contribution in [0, 0.1) is 11.8 Å². The number of carbonyl (C=O) groups is 2. The van der Waals surface area contributed by atoms with Crippen molar-refractivity contribution < 1.29 is 19.4 Å². The van der Waals surface area contributed by atoms with Gasteiger partial charge >= 0.3 is 5.97 Å². The Morgan fingerprint density at radius 2 is 1.69 bits per heavy atom. The lowest BCUT2D eigenvalue weighted by Crippen LogP contribution is -2.49. The zero-order chi connectivity index (χ0) is 24.6. The fourth-order valence-corrected chi connectivity index (χ4v) is 3.87. The highest BCUT2D eigenvalue weighted by molar-refractivity contribution is 5.97. The van der Waals surface area contributed by atoms with E-state index in [0.717, 1.165) is 5.69 Å². The number of benzene rings is 3. The number of hydrogen-bond acceptors (Lipinski definition) is 5. The van der Waals surface area contributed by atoms with Crippen molar-refractivity contribution in [3.05, 3.63) is 108 Å². The van der Waals surface area contributed by atoms with Gasteiger partial charge in [-0.25, -0.2) is 4.79 Å². The number of phenols is 1. The third-order valence-corrected chi connectivity index (χ3v) is 5.71. The summed E-state index contributed by atoms with van der Waals surface area (Å²) >= 11 is 0. The largest absolute Gasteiger partial charge is 0.508 e. The van der Waals surface area contributed by atoms with E-state index in [-0.39, 0.29) is 24.2 Å². The lowest BCUT2D eigenvalue weighted by atomic mass is 10.1. The Hall–Kier alpha value is -4.50. The number of rotatable bonds is 5. The highest BCUT2D eigenvalue weighted by Crippen LogP contribution is 2.20. The van der Waals surface area contributed by atoms with Crippen LogP contribution in [0.3, 0.4) is 0 Å². The predicted molar refractivity (Wildman–Crippen MR) is 136 cm³/mol. The van der Waals surface area contributed by atoms with Crippen molar-refractivity contribution in [2.45, 2.75) is 0 Å². The van der Waals surface area contributed by atoms with Crippen LogP contribution in [-0.4, -0.2) is 54.7 Å². The van der Waals surface area contributed by atoms with Crippen molar-refractivity contribution in [2.75, 3.05) is 37.7 Å². The molecule has 35 heavy (non-hydrogen) atoms. The van der Waals surface area contributed by atoms with Gasteiger partial charge in [-0.3, -0.25) is 4.79 Å². The summed E-state index contributed by atoms with van der Waals surface area (Å²) in [7, 11) is 0. The third-order valence-electron chi connectivity index (χ3n) is 5.71. The number of anilines is 1. The average molecular weight is 467 g/mol. The number of hydrogen-bond donors (Lipinski definition) is 1. The molecule has 3 aromatic carbocycles. The lowest BCUT2D eigenvalue weighted by Gasteiger charge is -2.36. The van der Waals surface area contributed by atoms with E-state index in [1.54, 1.807) is 36.4 Å². The summed E-state index contributed by atoms with van der Waals surface area (Å²) in [6.45, 7) is 6.25. The van der Waals surface area contributed by atoms with Crippen LogP contribution in [-0.2, 0) is 4.74 Å². The van der Waals surface area contributed by atoms with Crippen LogP contribution in [0.2, 0.25) is 0 Å². The maximum absolute atomic E-state index is 13.3. The quantitative estimate of drug-likeness (QED) is 0.348. The highest BCUT2D eigenvalue weighted by Gasteiger charge is 2.23. The van der Waals surface area contributed by atoms with Crippen LogP contribution < -0.4 is 4.90 Å². The Labute approximate surface area is 205 Å². The normalized spacial score (nSPS) is 12.9. The molecule has 1 fully saturated rings. The third kappa shape index (κ3) is 5.90. The van der Waals surface area contributed by atoms with Gasteiger partial charge in [-0.2, -0.15) is 0 Å². The molecule has 176 valence electrons. The van der Waals surface area contributed by atoms with E-state index in [1.165, 1.54) is 6.08 Å². The summed E-state index contributed by atoms with van der Waals surface area (Å²) in [6.07, 6.45) is 1.53. The van der Waals surface area contributed by atoms with Gasteiger partial charge in [-0.15, -0.1) is 0 Å². The number of amides is 1. The van der Waals surface area contributed by atoms with Gasteiger partial charge in [0.25, 0.3) is 5.91 Å². The molecular weight excluding hydrogens is 440 g/mol. The molecule has 3 aromatic rings. The van der Waals surface area contributed by atoms with Crippen LogP contribution in [0.15, 0.2) is 85.5 Å². The molecule has 1 aliphatic rings. The van der Waals surface area contributed by atoms with E-state index >= 15 is 0 Å². The Morgan fingerprint density at radius 1 is 0.943 bits per heavy atom. The second kappa shape index (κ2) is 11.1. The van der Waals surface area contributed by atoms with E-state index in [0.29, 0.717) is 48.4 Å². The lowest BCUT2D eigenvalue weighted by molar-refractivity contribution is 0.0549. The van der Waals surface area contributed by atoms with Crippen molar-refractivity contribution >= 4 is 17.6 Å². The van der Waals surface area contributed by atoms with Gasteiger partial charge in [0.15, 0.2) is 0 Å². The summed E-state index contributed by atoms with van der Waals surface area (Å²) < 4.78 is 5.07. The molecule has 0 spiro atoms. The second-order valence-electron chi connectivity index (χ2n) is 8.06. The summed E-state index contributed by atoms with van der Waals surface area (Å²) in [5.74, 6) is 5.83. The Morgan fingerprint density at radius 3 is 2.40 bits per heavy atom. The molecule has 0 unspecified atom stereocenters. The predicted octanol–water partition coefficient (Wildman–Crippen LogP) is 4.10. The Kier molecular flexibility index (Phi) is 7.49. The smallest absolute Gasteiger partial charge is 0.338 e. The van der Waals surface area contributed by atoms with Gasteiger partial charge in [-0.05, 0) is 54.6 Å². The molecule has 1 amide bonds. The van der Waals surface area contributed by atoms with Crippen molar-refractivity contribution in [1.29, 1.82) is 0 Å². The van der Waals surface area contributed by atoms with Gasteiger partial charge in [0.05, 0.1) is 11.1 Å².